The van der Waals surface area contributed by atoms with Gasteiger partial charge in [-0.05, 0) is 56.6 Å². The number of benzene rings is 1. The summed E-state index contributed by atoms with van der Waals surface area (Å²) in [5.41, 5.74) is 2.74. The fourth-order valence-electron chi connectivity index (χ4n) is 4.49. The lowest BCUT2D eigenvalue weighted by Gasteiger charge is -2.36. The van der Waals surface area contributed by atoms with Crippen molar-refractivity contribution in [3.8, 4) is 5.75 Å². The first-order valence-electron chi connectivity index (χ1n) is 10.9. The molecule has 4 rings (SSSR count). The van der Waals surface area contributed by atoms with Crippen LogP contribution in [0.5, 0.6) is 5.75 Å². The zero-order chi connectivity index (χ0) is 21.8. The number of ether oxygens (including phenoxy) is 2. The third-order valence-corrected chi connectivity index (χ3v) is 6.29. The van der Waals surface area contributed by atoms with Crippen molar-refractivity contribution in [2.24, 2.45) is 5.41 Å². The van der Waals surface area contributed by atoms with Gasteiger partial charge in [-0.2, -0.15) is 5.10 Å². The van der Waals surface area contributed by atoms with Crippen LogP contribution in [0.15, 0.2) is 24.3 Å². The summed E-state index contributed by atoms with van der Waals surface area (Å²) in [6.45, 7) is 4.90. The molecule has 31 heavy (non-hydrogen) atoms. The molecule has 1 spiro atoms. The maximum absolute atomic E-state index is 12.8. The Morgan fingerprint density at radius 2 is 2.10 bits per heavy atom. The van der Waals surface area contributed by atoms with E-state index in [9.17, 15) is 14.7 Å². The maximum Gasteiger partial charge on any atom is 0.341 e. The van der Waals surface area contributed by atoms with Gasteiger partial charge in [-0.3, -0.25) is 9.48 Å². The van der Waals surface area contributed by atoms with E-state index in [4.69, 9.17) is 14.6 Å². The second-order valence-corrected chi connectivity index (χ2v) is 8.32. The van der Waals surface area contributed by atoms with Crippen molar-refractivity contribution in [1.82, 2.24) is 15.1 Å². The molecule has 1 saturated heterocycles. The van der Waals surface area contributed by atoms with Gasteiger partial charge in [0.2, 0.25) is 0 Å². The molecule has 8 heteroatoms. The number of aromatic nitrogens is 2. The molecule has 1 aromatic heterocycles. The van der Waals surface area contributed by atoms with Gasteiger partial charge in [-0.1, -0.05) is 12.1 Å². The first-order valence-corrected chi connectivity index (χ1v) is 10.9. The molecule has 0 atom stereocenters. The normalized spacial score (nSPS) is 17.6. The van der Waals surface area contributed by atoms with Crippen LogP contribution >= 0.6 is 0 Å². The van der Waals surface area contributed by atoms with Gasteiger partial charge in [-0.25, -0.2) is 4.79 Å². The van der Waals surface area contributed by atoms with E-state index in [1.807, 2.05) is 6.92 Å². The topological polar surface area (TPSA) is 103 Å². The zero-order valence-corrected chi connectivity index (χ0v) is 17.9. The first kappa shape index (κ1) is 21.4. The Morgan fingerprint density at radius 1 is 1.32 bits per heavy atom. The third kappa shape index (κ3) is 4.44. The Morgan fingerprint density at radius 3 is 2.84 bits per heavy atom. The molecule has 2 N–H and O–H groups in total. The highest BCUT2D eigenvalue weighted by molar-refractivity contribution is 5.95. The molecule has 0 unspecified atom stereocenters. The van der Waals surface area contributed by atoms with Crippen LogP contribution < -0.4 is 5.32 Å². The molecule has 0 aliphatic carbocycles. The first-order chi connectivity index (χ1) is 15.0. The van der Waals surface area contributed by atoms with Gasteiger partial charge in [0.25, 0.3) is 5.91 Å². The molecule has 3 heterocycles. The molecular weight excluding hydrogens is 398 g/mol. The van der Waals surface area contributed by atoms with Crippen LogP contribution in [0.1, 0.15) is 58.3 Å². The monoisotopic (exact) mass is 427 g/mol. The van der Waals surface area contributed by atoms with Crippen molar-refractivity contribution in [2.45, 2.75) is 45.6 Å². The number of carbonyl (C=O) groups is 2. The number of hydrogen-bond acceptors (Lipinski definition) is 6. The fourth-order valence-corrected chi connectivity index (χ4v) is 4.49. The number of phenols is 1. The minimum absolute atomic E-state index is 0.00676. The number of phenolic OH excluding ortho intramolecular Hbond substituents is 1. The number of esters is 1. The summed E-state index contributed by atoms with van der Waals surface area (Å²) in [5, 5.41) is 17.6. The van der Waals surface area contributed by atoms with Gasteiger partial charge in [0.05, 0.1) is 12.3 Å². The lowest BCUT2D eigenvalue weighted by molar-refractivity contribution is 0.0160. The number of aryl methyl sites for hydroxylation is 2. The SMILES string of the molecule is CCn1nc(CCCOC(=O)c2ccccc2O)c2c1C(=O)NCC1(CCOCC1)C2. The van der Waals surface area contributed by atoms with Crippen LogP contribution in [-0.4, -0.2) is 53.1 Å². The summed E-state index contributed by atoms with van der Waals surface area (Å²) < 4.78 is 12.7. The van der Waals surface area contributed by atoms with Crippen molar-refractivity contribution in [3.63, 3.8) is 0 Å². The Kier molecular flexibility index (Phi) is 6.27. The molecule has 8 nitrogen and oxygen atoms in total. The third-order valence-electron chi connectivity index (χ3n) is 6.29. The lowest BCUT2D eigenvalue weighted by atomic mass is 9.75. The predicted octanol–water partition coefficient (Wildman–Crippen LogP) is 2.48. The van der Waals surface area contributed by atoms with E-state index in [1.165, 1.54) is 12.1 Å². The van der Waals surface area contributed by atoms with E-state index < -0.39 is 5.97 Å². The number of carbonyl (C=O) groups excluding carboxylic acids is 2. The minimum Gasteiger partial charge on any atom is -0.507 e. The molecular formula is C23H29N3O5. The molecule has 0 radical (unpaired) electrons. The van der Waals surface area contributed by atoms with Gasteiger partial charge in [0, 0.05) is 31.9 Å². The van der Waals surface area contributed by atoms with Crippen LogP contribution in [0, 0.1) is 5.41 Å². The van der Waals surface area contributed by atoms with E-state index in [2.05, 4.69) is 5.32 Å². The van der Waals surface area contributed by atoms with E-state index in [0.29, 0.717) is 44.8 Å². The van der Waals surface area contributed by atoms with Gasteiger partial charge in [-0.15, -0.1) is 0 Å². The van der Waals surface area contributed by atoms with E-state index in [1.54, 1.807) is 16.8 Å². The highest BCUT2D eigenvalue weighted by Crippen LogP contribution is 2.37. The van der Waals surface area contributed by atoms with Crippen molar-refractivity contribution >= 4 is 11.9 Å². The van der Waals surface area contributed by atoms with Crippen LogP contribution in [0.2, 0.25) is 0 Å². The van der Waals surface area contributed by atoms with E-state index in [0.717, 1.165) is 30.5 Å². The maximum atomic E-state index is 12.8. The molecule has 2 aromatic rings. The summed E-state index contributed by atoms with van der Waals surface area (Å²) in [7, 11) is 0. The van der Waals surface area contributed by atoms with Crippen molar-refractivity contribution < 1.29 is 24.2 Å². The highest BCUT2D eigenvalue weighted by Gasteiger charge is 2.39. The summed E-state index contributed by atoms with van der Waals surface area (Å²) in [6, 6.07) is 6.33. The molecule has 0 saturated carbocycles. The summed E-state index contributed by atoms with van der Waals surface area (Å²) in [5.74, 6) is -0.700. The molecule has 2 aliphatic rings. The standard InChI is InChI=1S/C23H29N3O5/c1-2-26-20-17(14-23(15-24-21(20)28)9-12-30-13-10-23)18(25-26)7-5-11-31-22(29)16-6-3-4-8-19(16)27/h3-4,6,8,27H,2,5,7,9-15H2,1H3,(H,24,28). The van der Waals surface area contributed by atoms with Gasteiger partial charge in [0.1, 0.15) is 17.0 Å². The van der Waals surface area contributed by atoms with Gasteiger partial charge < -0.3 is 19.9 Å². The van der Waals surface area contributed by atoms with Crippen molar-refractivity contribution in [2.75, 3.05) is 26.4 Å². The smallest absolute Gasteiger partial charge is 0.341 e. The number of fused-ring (bicyclic) bond motifs is 1. The number of nitrogens with zero attached hydrogens (tertiary/aromatic N) is 2. The Labute approximate surface area is 181 Å². The number of amides is 1. The number of hydrogen-bond donors (Lipinski definition) is 2. The number of para-hydroxylation sites is 1. The Balaban J connectivity index is 1.46. The quantitative estimate of drug-likeness (QED) is 0.542. The minimum atomic E-state index is -0.545. The van der Waals surface area contributed by atoms with Crippen LogP contribution in [-0.2, 0) is 28.9 Å². The van der Waals surface area contributed by atoms with E-state index in [-0.39, 0.29) is 29.2 Å². The second kappa shape index (κ2) is 9.09. The highest BCUT2D eigenvalue weighted by atomic mass is 16.5. The van der Waals surface area contributed by atoms with Gasteiger partial charge >= 0.3 is 5.97 Å². The number of nitrogens with one attached hydrogen (secondary N) is 1. The predicted molar refractivity (Wildman–Crippen MR) is 113 cm³/mol. The average molecular weight is 428 g/mol. The Bertz CT molecular complexity index is 962. The van der Waals surface area contributed by atoms with Crippen molar-refractivity contribution in [3.05, 3.63) is 46.8 Å². The fraction of sp³-hybridized carbons (Fsp3) is 0.522. The zero-order valence-electron chi connectivity index (χ0n) is 17.9. The summed E-state index contributed by atoms with van der Waals surface area (Å²) in [6.07, 6.45) is 3.84. The molecule has 0 bridgehead atoms. The largest absolute Gasteiger partial charge is 0.507 e. The second-order valence-electron chi connectivity index (χ2n) is 8.32. The summed E-state index contributed by atoms with van der Waals surface area (Å²) in [4.78, 5) is 25.0. The molecule has 2 aliphatic heterocycles. The molecule has 1 aromatic carbocycles. The lowest BCUT2D eigenvalue weighted by Crippen LogP contribution is -2.40. The van der Waals surface area contributed by atoms with Crippen molar-refractivity contribution in [1.29, 1.82) is 0 Å². The van der Waals surface area contributed by atoms with Crippen LogP contribution in [0.4, 0.5) is 0 Å². The van der Waals surface area contributed by atoms with Gasteiger partial charge in [0.15, 0.2) is 0 Å². The number of rotatable bonds is 6. The molecule has 1 amide bonds. The van der Waals surface area contributed by atoms with Crippen LogP contribution in [0.3, 0.4) is 0 Å². The van der Waals surface area contributed by atoms with E-state index >= 15 is 0 Å². The molecule has 1 fully saturated rings. The Hall–Kier alpha value is -2.87. The van der Waals surface area contributed by atoms with Crippen LogP contribution in [0.25, 0.3) is 0 Å². The molecule has 166 valence electrons. The summed E-state index contributed by atoms with van der Waals surface area (Å²) >= 11 is 0. The average Bonchev–Trinajstić information content (AvgIpc) is 3.06. The number of aromatic hydroxyl groups is 1.